The quantitative estimate of drug-likeness (QED) is 0.832. The molecule has 2 rings (SSSR count). The van der Waals surface area contributed by atoms with Gasteiger partial charge in [0, 0.05) is 11.6 Å². The molecule has 0 aromatic heterocycles. The average molecular weight is 303 g/mol. The topological polar surface area (TPSA) is 53.7 Å². The highest BCUT2D eigenvalue weighted by atomic mass is 32.1. The number of rotatable bonds is 6. The Hall–Kier alpha value is -2.27. The summed E-state index contributed by atoms with van der Waals surface area (Å²) in [5.41, 5.74) is 7.38. The largest absolute Gasteiger partial charge is 0.497 e. The number of hydrogen-bond donors (Lipinski definition) is 1. The maximum Gasteiger partial charge on any atom is 0.124 e. The number of methoxy groups -OCH3 is 2. The van der Waals surface area contributed by atoms with E-state index in [9.17, 15) is 0 Å². The van der Waals surface area contributed by atoms with Crippen molar-refractivity contribution >= 4 is 17.2 Å². The molecular formula is C16H17NO3S. The van der Waals surface area contributed by atoms with Gasteiger partial charge in [-0.3, -0.25) is 0 Å². The van der Waals surface area contributed by atoms with E-state index in [-0.39, 0.29) is 0 Å². The number of hydrogen-bond acceptors (Lipinski definition) is 4. The lowest BCUT2D eigenvalue weighted by Gasteiger charge is -2.11. The van der Waals surface area contributed by atoms with Gasteiger partial charge in [-0.25, -0.2) is 0 Å². The molecule has 21 heavy (non-hydrogen) atoms. The first kappa shape index (κ1) is 15.1. The molecule has 0 amide bonds. The van der Waals surface area contributed by atoms with Crippen LogP contribution in [0.1, 0.15) is 11.1 Å². The third-order valence-electron chi connectivity index (χ3n) is 2.94. The van der Waals surface area contributed by atoms with E-state index >= 15 is 0 Å². The van der Waals surface area contributed by atoms with E-state index < -0.39 is 0 Å². The molecule has 0 unspecified atom stereocenters. The van der Waals surface area contributed by atoms with Gasteiger partial charge in [-0.15, -0.1) is 0 Å². The SMILES string of the molecule is COc1cccc(COc2cc(OC)cc(C(N)=S)c2)c1. The van der Waals surface area contributed by atoms with Gasteiger partial charge < -0.3 is 19.9 Å². The van der Waals surface area contributed by atoms with Crippen LogP contribution in [-0.4, -0.2) is 19.2 Å². The molecule has 0 heterocycles. The highest BCUT2D eigenvalue weighted by Gasteiger charge is 2.05. The summed E-state index contributed by atoms with van der Waals surface area (Å²) >= 11 is 4.99. The maximum absolute atomic E-state index is 5.77. The van der Waals surface area contributed by atoms with Crippen molar-refractivity contribution in [2.45, 2.75) is 6.61 Å². The minimum Gasteiger partial charge on any atom is -0.497 e. The number of ether oxygens (including phenoxy) is 3. The second kappa shape index (κ2) is 6.95. The van der Waals surface area contributed by atoms with Crippen molar-refractivity contribution in [3.8, 4) is 17.2 Å². The standard InChI is InChI=1S/C16H17NO3S/c1-18-13-5-3-4-11(6-13)10-20-15-8-12(16(17)21)7-14(9-15)19-2/h3-9H,10H2,1-2H3,(H2,17,21). The van der Waals surface area contributed by atoms with Crippen LogP contribution in [0.5, 0.6) is 17.2 Å². The Labute approximate surface area is 129 Å². The second-order valence-electron chi connectivity index (χ2n) is 4.40. The van der Waals surface area contributed by atoms with E-state index in [0.717, 1.165) is 11.3 Å². The molecule has 0 aliphatic heterocycles. The fourth-order valence-corrected chi connectivity index (χ4v) is 1.96. The highest BCUT2D eigenvalue weighted by Crippen LogP contribution is 2.24. The minimum absolute atomic E-state index is 0.306. The average Bonchev–Trinajstić information content (AvgIpc) is 2.52. The predicted molar refractivity (Wildman–Crippen MR) is 86.2 cm³/mol. The van der Waals surface area contributed by atoms with E-state index in [1.54, 1.807) is 32.4 Å². The summed E-state index contributed by atoms with van der Waals surface area (Å²) in [5, 5.41) is 0. The lowest BCUT2D eigenvalue weighted by Crippen LogP contribution is -2.09. The zero-order chi connectivity index (χ0) is 15.2. The smallest absolute Gasteiger partial charge is 0.124 e. The van der Waals surface area contributed by atoms with Crippen LogP contribution < -0.4 is 19.9 Å². The van der Waals surface area contributed by atoms with Crippen LogP contribution in [0.25, 0.3) is 0 Å². The normalized spacial score (nSPS) is 10.0. The van der Waals surface area contributed by atoms with Crippen molar-refractivity contribution in [3.63, 3.8) is 0 Å². The first-order valence-corrected chi connectivity index (χ1v) is 6.78. The van der Waals surface area contributed by atoms with Crippen molar-refractivity contribution in [2.75, 3.05) is 14.2 Å². The van der Waals surface area contributed by atoms with Gasteiger partial charge in [0.05, 0.1) is 14.2 Å². The molecule has 0 spiro atoms. The molecule has 0 saturated carbocycles. The maximum atomic E-state index is 5.77. The predicted octanol–water partition coefficient (Wildman–Crippen LogP) is 2.92. The molecule has 2 N–H and O–H groups in total. The van der Waals surface area contributed by atoms with Crippen LogP contribution in [0, 0.1) is 0 Å². The van der Waals surface area contributed by atoms with E-state index in [0.29, 0.717) is 28.7 Å². The summed E-state index contributed by atoms with van der Waals surface area (Å²) in [6.07, 6.45) is 0. The van der Waals surface area contributed by atoms with Crippen LogP contribution >= 0.6 is 12.2 Å². The molecule has 0 aliphatic rings. The molecule has 2 aromatic carbocycles. The van der Waals surface area contributed by atoms with Gasteiger partial charge in [0.25, 0.3) is 0 Å². The van der Waals surface area contributed by atoms with Gasteiger partial charge in [-0.2, -0.15) is 0 Å². The van der Waals surface area contributed by atoms with E-state index in [2.05, 4.69) is 0 Å². The van der Waals surface area contributed by atoms with Crippen molar-refractivity contribution in [1.29, 1.82) is 0 Å². The highest BCUT2D eigenvalue weighted by molar-refractivity contribution is 7.80. The summed E-state index contributed by atoms with van der Waals surface area (Å²) in [6.45, 7) is 0.418. The lowest BCUT2D eigenvalue weighted by molar-refractivity contribution is 0.302. The summed E-state index contributed by atoms with van der Waals surface area (Å²) < 4.78 is 16.2. The van der Waals surface area contributed by atoms with Gasteiger partial charge in [0.1, 0.15) is 28.8 Å². The van der Waals surface area contributed by atoms with Crippen molar-refractivity contribution in [3.05, 3.63) is 53.6 Å². The molecule has 0 radical (unpaired) electrons. The Bertz CT molecular complexity index is 643. The van der Waals surface area contributed by atoms with Gasteiger partial charge in [0.15, 0.2) is 0 Å². The first-order chi connectivity index (χ1) is 10.1. The monoisotopic (exact) mass is 303 g/mol. The van der Waals surface area contributed by atoms with E-state index in [4.69, 9.17) is 32.2 Å². The Kier molecular flexibility index (Phi) is 5.00. The van der Waals surface area contributed by atoms with Crippen LogP contribution in [0.3, 0.4) is 0 Å². The summed E-state index contributed by atoms with van der Waals surface area (Å²) in [7, 11) is 3.22. The summed E-state index contributed by atoms with van der Waals surface area (Å²) in [5.74, 6) is 2.10. The molecule has 5 heteroatoms. The summed E-state index contributed by atoms with van der Waals surface area (Å²) in [6, 6.07) is 13.1. The summed E-state index contributed by atoms with van der Waals surface area (Å²) in [4.78, 5) is 0.306. The molecule has 0 aliphatic carbocycles. The number of nitrogens with two attached hydrogens (primary N) is 1. The third-order valence-corrected chi connectivity index (χ3v) is 3.18. The van der Waals surface area contributed by atoms with Gasteiger partial charge >= 0.3 is 0 Å². The fraction of sp³-hybridized carbons (Fsp3) is 0.188. The fourth-order valence-electron chi connectivity index (χ4n) is 1.84. The van der Waals surface area contributed by atoms with Gasteiger partial charge in [-0.05, 0) is 29.8 Å². The molecule has 0 fully saturated rings. The molecule has 0 saturated heterocycles. The lowest BCUT2D eigenvalue weighted by atomic mass is 10.2. The minimum atomic E-state index is 0.306. The van der Waals surface area contributed by atoms with Crippen molar-refractivity contribution in [2.24, 2.45) is 5.73 Å². The van der Waals surface area contributed by atoms with Crippen molar-refractivity contribution in [1.82, 2.24) is 0 Å². The van der Waals surface area contributed by atoms with Crippen LogP contribution in [-0.2, 0) is 6.61 Å². The zero-order valence-electron chi connectivity index (χ0n) is 12.0. The molecule has 0 atom stereocenters. The van der Waals surface area contributed by atoms with E-state index in [1.165, 1.54) is 0 Å². The van der Waals surface area contributed by atoms with E-state index in [1.807, 2.05) is 24.3 Å². The number of thiocarbonyl (C=S) groups is 1. The molecule has 2 aromatic rings. The van der Waals surface area contributed by atoms with Crippen LogP contribution in [0.4, 0.5) is 0 Å². The molecular weight excluding hydrogens is 286 g/mol. The van der Waals surface area contributed by atoms with Gasteiger partial charge in [-0.1, -0.05) is 24.4 Å². The van der Waals surface area contributed by atoms with Gasteiger partial charge in [0.2, 0.25) is 0 Å². The first-order valence-electron chi connectivity index (χ1n) is 6.37. The van der Waals surface area contributed by atoms with Crippen molar-refractivity contribution < 1.29 is 14.2 Å². The second-order valence-corrected chi connectivity index (χ2v) is 4.84. The van der Waals surface area contributed by atoms with Crippen LogP contribution in [0.15, 0.2) is 42.5 Å². The Morgan fingerprint density at radius 3 is 2.38 bits per heavy atom. The molecule has 4 nitrogen and oxygen atoms in total. The Morgan fingerprint density at radius 1 is 1.00 bits per heavy atom. The zero-order valence-corrected chi connectivity index (χ0v) is 12.8. The number of benzene rings is 2. The Morgan fingerprint density at radius 2 is 1.71 bits per heavy atom. The third kappa shape index (κ3) is 4.10. The molecule has 110 valence electrons. The van der Waals surface area contributed by atoms with Crippen LogP contribution in [0.2, 0.25) is 0 Å². The molecule has 0 bridgehead atoms. The Balaban J connectivity index is 2.15.